The summed E-state index contributed by atoms with van der Waals surface area (Å²) in [6.07, 6.45) is -0.856. The van der Waals surface area contributed by atoms with Gasteiger partial charge >= 0.3 is 6.09 Å². The zero-order valence-corrected chi connectivity index (χ0v) is 19.9. The Kier molecular flexibility index (Phi) is 6.67. The summed E-state index contributed by atoms with van der Waals surface area (Å²) in [6.45, 7) is 7.33. The van der Waals surface area contributed by atoms with Crippen molar-refractivity contribution in [3.8, 4) is 0 Å². The fourth-order valence-electron chi connectivity index (χ4n) is 3.41. The first-order valence-electron chi connectivity index (χ1n) is 9.33. The minimum Gasteiger partial charge on any atom is -0.444 e. The third kappa shape index (κ3) is 4.74. The summed E-state index contributed by atoms with van der Waals surface area (Å²) in [5.41, 5.74) is -0.655. The predicted molar refractivity (Wildman–Crippen MR) is 118 cm³/mol. The van der Waals surface area contributed by atoms with Crippen molar-refractivity contribution in [3.05, 3.63) is 26.7 Å². The SMILES string of the molecule is CC1C(O)CC(CNc2nc(Cl)nc3c(F)c(Br)c(Cl)cc23)N1C(=O)OC(C)(C)C. The molecule has 1 amide bonds. The van der Waals surface area contributed by atoms with Crippen molar-refractivity contribution in [2.75, 3.05) is 11.9 Å². The van der Waals surface area contributed by atoms with Crippen molar-refractivity contribution in [3.63, 3.8) is 0 Å². The summed E-state index contributed by atoms with van der Waals surface area (Å²) in [6, 6.07) is 0.741. The van der Waals surface area contributed by atoms with Crippen LogP contribution < -0.4 is 5.32 Å². The van der Waals surface area contributed by atoms with Crippen LogP contribution in [0.15, 0.2) is 10.5 Å². The molecule has 3 unspecified atom stereocenters. The lowest BCUT2D eigenvalue weighted by molar-refractivity contribution is 0.0119. The van der Waals surface area contributed by atoms with Crippen molar-refractivity contribution in [2.45, 2.75) is 57.9 Å². The summed E-state index contributed by atoms with van der Waals surface area (Å²) in [5, 5.41) is 13.8. The zero-order chi connectivity index (χ0) is 22.4. The minimum atomic E-state index is -0.696. The molecule has 1 aliphatic rings. The van der Waals surface area contributed by atoms with E-state index in [4.69, 9.17) is 27.9 Å². The largest absolute Gasteiger partial charge is 0.444 e. The standard InChI is InChI=1S/C19H22BrCl2FN4O3/c1-8-12(28)5-9(27(8)18(29)30-19(2,3)4)7-24-16-10-6-11(21)13(20)14(23)15(10)25-17(22)26-16/h6,8-9,12,28H,5,7H2,1-4H3,(H,24,25,26). The highest BCUT2D eigenvalue weighted by molar-refractivity contribution is 9.10. The summed E-state index contributed by atoms with van der Waals surface area (Å²) >= 11 is 15.2. The Morgan fingerprint density at radius 2 is 2.10 bits per heavy atom. The van der Waals surface area contributed by atoms with Gasteiger partial charge in [-0.3, -0.25) is 4.90 Å². The van der Waals surface area contributed by atoms with Gasteiger partial charge in [-0.05, 0) is 67.7 Å². The maximum Gasteiger partial charge on any atom is 0.410 e. The number of likely N-dealkylation sites (tertiary alicyclic amines) is 1. The van der Waals surface area contributed by atoms with E-state index in [0.717, 1.165) is 0 Å². The second kappa shape index (κ2) is 8.61. The molecule has 2 N–H and O–H groups in total. The Balaban J connectivity index is 1.88. The third-order valence-corrected chi connectivity index (χ3v) is 6.28. The summed E-state index contributed by atoms with van der Waals surface area (Å²) < 4.78 is 20.1. The number of aliphatic hydroxyl groups is 1. The number of aliphatic hydroxyl groups excluding tert-OH is 1. The number of halogens is 4. The molecule has 1 saturated heterocycles. The van der Waals surface area contributed by atoms with Crippen molar-refractivity contribution >= 4 is 61.9 Å². The number of carbonyl (C=O) groups excluding carboxylic acids is 1. The molecule has 3 rings (SSSR count). The van der Waals surface area contributed by atoms with E-state index < -0.39 is 29.7 Å². The topological polar surface area (TPSA) is 87.6 Å². The molecule has 0 spiro atoms. The number of rotatable bonds is 3. The van der Waals surface area contributed by atoms with Crippen molar-refractivity contribution < 1.29 is 19.0 Å². The molecule has 0 bridgehead atoms. The van der Waals surface area contributed by atoms with Crippen molar-refractivity contribution in [1.29, 1.82) is 0 Å². The number of ether oxygens (including phenoxy) is 1. The van der Waals surface area contributed by atoms with Gasteiger partial charge in [0.2, 0.25) is 5.28 Å². The minimum absolute atomic E-state index is 0.0117. The van der Waals surface area contributed by atoms with Crippen LogP contribution in [0.3, 0.4) is 0 Å². The van der Waals surface area contributed by atoms with Crippen LogP contribution in [0.5, 0.6) is 0 Å². The van der Waals surface area contributed by atoms with E-state index in [-0.39, 0.29) is 38.7 Å². The van der Waals surface area contributed by atoms with E-state index in [9.17, 15) is 14.3 Å². The molecule has 2 aromatic rings. The van der Waals surface area contributed by atoms with Crippen LogP contribution >= 0.6 is 39.1 Å². The number of nitrogens with one attached hydrogen (secondary N) is 1. The van der Waals surface area contributed by atoms with Crippen molar-refractivity contribution in [2.24, 2.45) is 0 Å². The lowest BCUT2D eigenvalue weighted by Crippen LogP contribution is -2.46. The Morgan fingerprint density at radius 1 is 1.43 bits per heavy atom. The monoisotopic (exact) mass is 522 g/mol. The van der Waals surface area contributed by atoms with E-state index >= 15 is 0 Å². The van der Waals surface area contributed by atoms with Gasteiger partial charge in [-0.2, -0.15) is 0 Å². The molecule has 3 atom stereocenters. The molecule has 0 radical (unpaired) electrons. The second-order valence-electron chi connectivity index (χ2n) is 8.19. The number of amides is 1. The normalized spacial score (nSPS) is 21.9. The van der Waals surface area contributed by atoms with E-state index in [0.29, 0.717) is 11.8 Å². The Morgan fingerprint density at radius 3 is 2.73 bits per heavy atom. The van der Waals surface area contributed by atoms with Crippen LogP contribution in [0.1, 0.15) is 34.1 Å². The number of benzene rings is 1. The fraction of sp³-hybridized carbons (Fsp3) is 0.526. The quantitative estimate of drug-likeness (QED) is 0.434. The fourth-order valence-corrected chi connectivity index (χ4v) is 4.08. The van der Waals surface area contributed by atoms with Gasteiger partial charge < -0.3 is 15.2 Å². The van der Waals surface area contributed by atoms with Crippen molar-refractivity contribution in [1.82, 2.24) is 14.9 Å². The average Bonchev–Trinajstić information content (AvgIpc) is 2.91. The molecule has 30 heavy (non-hydrogen) atoms. The highest BCUT2D eigenvalue weighted by Crippen LogP contribution is 2.35. The smallest absolute Gasteiger partial charge is 0.410 e. The van der Waals surface area contributed by atoms with Gasteiger partial charge in [-0.15, -0.1) is 0 Å². The van der Waals surface area contributed by atoms with E-state index in [1.54, 1.807) is 27.7 Å². The highest BCUT2D eigenvalue weighted by atomic mass is 79.9. The molecular weight excluding hydrogens is 502 g/mol. The number of carbonyl (C=O) groups is 1. The lowest BCUT2D eigenvalue weighted by atomic mass is 10.1. The van der Waals surface area contributed by atoms with Crippen LogP contribution in [0.25, 0.3) is 10.9 Å². The first-order valence-corrected chi connectivity index (χ1v) is 10.9. The lowest BCUT2D eigenvalue weighted by Gasteiger charge is -2.31. The number of hydrogen-bond acceptors (Lipinski definition) is 6. The van der Waals surface area contributed by atoms with E-state index in [1.807, 2.05) is 0 Å². The van der Waals surface area contributed by atoms with Gasteiger partial charge in [0, 0.05) is 11.9 Å². The van der Waals surface area contributed by atoms with Crippen LogP contribution in [0.4, 0.5) is 15.0 Å². The number of fused-ring (bicyclic) bond motifs is 1. The van der Waals surface area contributed by atoms with Gasteiger partial charge in [0.15, 0.2) is 5.82 Å². The van der Waals surface area contributed by atoms with Gasteiger partial charge in [-0.1, -0.05) is 11.6 Å². The summed E-state index contributed by atoms with van der Waals surface area (Å²) in [7, 11) is 0. The van der Waals surface area contributed by atoms with Crippen LogP contribution in [-0.4, -0.2) is 56.4 Å². The predicted octanol–water partition coefficient (Wildman–Crippen LogP) is 5.01. The number of anilines is 1. The second-order valence-corrected chi connectivity index (χ2v) is 9.73. The molecule has 2 heterocycles. The molecule has 0 aliphatic carbocycles. The third-order valence-electron chi connectivity index (χ3n) is 4.81. The van der Waals surface area contributed by atoms with E-state index in [2.05, 4.69) is 31.2 Å². The molecule has 0 saturated carbocycles. The Labute approximate surface area is 192 Å². The molecule has 1 fully saturated rings. The molecule has 164 valence electrons. The number of hydrogen-bond donors (Lipinski definition) is 2. The summed E-state index contributed by atoms with van der Waals surface area (Å²) in [4.78, 5) is 22.3. The number of aromatic nitrogens is 2. The molecule has 1 aromatic heterocycles. The van der Waals surface area contributed by atoms with Gasteiger partial charge in [0.25, 0.3) is 0 Å². The Bertz CT molecular complexity index is 989. The van der Waals surface area contributed by atoms with Gasteiger partial charge in [0.05, 0.1) is 27.7 Å². The first kappa shape index (κ1) is 23.2. The maximum atomic E-state index is 14.6. The Hall–Kier alpha value is -1.42. The van der Waals surface area contributed by atoms with Gasteiger partial charge in [-0.25, -0.2) is 19.2 Å². The van der Waals surface area contributed by atoms with Crippen LogP contribution in [0, 0.1) is 5.82 Å². The molecule has 7 nitrogen and oxygen atoms in total. The van der Waals surface area contributed by atoms with Gasteiger partial charge in [0.1, 0.15) is 16.9 Å². The number of nitrogens with zero attached hydrogens (tertiary/aromatic N) is 3. The summed E-state index contributed by atoms with van der Waals surface area (Å²) in [5.74, 6) is -0.373. The van der Waals surface area contributed by atoms with Crippen LogP contribution in [0.2, 0.25) is 10.3 Å². The van der Waals surface area contributed by atoms with Crippen LogP contribution in [-0.2, 0) is 4.74 Å². The highest BCUT2D eigenvalue weighted by Gasteiger charge is 2.42. The molecule has 1 aromatic carbocycles. The average molecular weight is 524 g/mol. The van der Waals surface area contributed by atoms with E-state index in [1.165, 1.54) is 11.0 Å². The zero-order valence-electron chi connectivity index (χ0n) is 16.8. The molecule has 11 heteroatoms. The molecular formula is C19H22BrCl2FN4O3. The molecule has 1 aliphatic heterocycles. The first-order chi connectivity index (χ1) is 13.9. The maximum absolute atomic E-state index is 14.6.